The molecule has 0 aliphatic rings. The average molecular weight is 511 g/mol. The van der Waals surface area contributed by atoms with Crippen LogP contribution in [0.2, 0.25) is 0 Å². The lowest BCUT2D eigenvalue weighted by Crippen LogP contribution is -2.55. The lowest BCUT2D eigenvalue weighted by atomic mass is 9.90. The van der Waals surface area contributed by atoms with Crippen molar-refractivity contribution < 1.29 is 18.3 Å². The lowest BCUT2D eigenvalue weighted by molar-refractivity contribution is -0.141. The number of aryl methyl sites for hydroxylation is 1. The Labute approximate surface area is 193 Å². The van der Waals surface area contributed by atoms with E-state index in [0.29, 0.717) is 12.8 Å². The van der Waals surface area contributed by atoms with Crippen LogP contribution in [0.1, 0.15) is 57.9 Å². The van der Waals surface area contributed by atoms with E-state index in [2.05, 4.69) is 21.4 Å². The monoisotopic (exact) mass is 510 g/mol. The van der Waals surface area contributed by atoms with Crippen molar-refractivity contribution in [1.82, 2.24) is 5.43 Å². The molecule has 0 spiro atoms. The molecule has 0 fully saturated rings. The topological polar surface area (TPSA) is 86.7 Å². The minimum absolute atomic E-state index is 0.0481. The van der Waals surface area contributed by atoms with Crippen LogP contribution in [-0.2, 0) is 14.8 Å². The number of sulfonamides is 1. The summed E-state index contributed by atoms with van der Waals surface area (Å²) in [5.41, 5.74) is 2.06. The molecule has 0 aliphatic heterocycles. The minimum Gasteiger partial charge on any atom is -0.380 e. The number of nitrogens with zero attached hydrogens (tertiary/aromatic N) is 1. The van der Waals surface area contributed by atoms with E-state index in [0.717, 1.165) is 27.3 Å². The number of nitrogens with one attached hydrogen (secondary N) is 1. The second kappa shape index (κ2) is 11.1. The molecule has 2 aromatic carbocycles. The molecule has 170 valence electrons. The van der Waals surface area contributed by atoms with Crippen molar-refractivity contribution >= 4 is 37.5 Å². The van der Waals surface area contributed by atoms with E-state index >= 15 is 0 Å². The summed E-state index contributed by atoms with van der Waals surface area (Å²) in [5, 5.41) is 11.1. The highest BCUT2D eigenvalue weighted by Gasteiger charge is 2.38. The van der Waals surface area contributed by atoms with Crippen molar-refractivity contribution in [3.63, 3.8) is 0 Å². The fourth-order valence-corrected chi connectivity index (χ4v) is 4.70. The van der Waals surface area contributed by atoms with E-state index < -0.39 is 21.5 Å². The fraction of sp³-hybridized carbons (Fsp3) is 0.435. The van der Waals surface area contributed by atoms with Gasteiger partial charge in [-0.2, -0.15) is 12.8 Å². The van der Waals surface area contributed by atoms with Gasteiger partial charge in [0, 0.05) is 4.47 Å². The molecule has 0 saturated carbocycles. The van der Waals surface area contributed by atoms with Crippen molar-refractivity contribution in [1.29, 1.82) is 0 Å². The number of halogens is 1. The number of benzene rings is 2. The Morgan fingerprint density at radius 1 is 1.00 bits per heavy atom. The van der Waals surface area contributed by atoms with Crippen LogP contribution in [0.5, 0.6) is 0 Å². The van der Waals surface area contributed by atoms with Gasteiger partial charge in [-0.15, -0.1) is 0 Å². The highest BCUT2D eigenvalue weighted by Crippen LogP contribution is 2.27. The Hall–Kier alpha value is -1.90. The summed E-state index contributed by atoms with van der Waals surface area (Å²) < 4.78 is 28.5. The molecule has 0 radical (unpaired) electrons. The van der Waals surface area contributed by atoms with Crippen LogP contribution in [-0.4, -0.2) is 25.0 Å². The van der Waals surface area contributed by atoms with Crippen LogP contribution in [0.15, 0.2) is 57.9 Å². The molecule has 0 aromatic heterocycles. The zero-order chi connectivity index (χ0) is 23.1. The number of aliphatic hydroxyl groups is 1. The van der Waals surface area contributed by atoms with Gasteiger partial charge < -0.3 is 5.11 Å². The summed E-state index contributed by atoms with van der Waals surface area (Å²) in [4.78, 5) is 13.2. The largest absolute Gasteiger partial charge is 0.380 e. The molecule has 0 aliphatic carbocycles. The number of hydrogen-bond acceptors (Lipinski definition) is 4. The number of hydrogen-bond donors (Lipinski definition) is 2. The summed E-state index contributed by atoms with van der Waals surface area (Å²) in [7, 11) is -4.11. The summed E-state index contributed by atoms with van der Waals surface area (Å²) in [6.07, 6.45) is 3.51. The maximum atomic E-state index is 13.4. The predicted molar refractivity (Wildman–Crippen MR) is 127 cm³/mol. The van der Waals surface area contributed by atoms with Gasteiger partial charge in [0.25, 0.3) is 15.9 Å². The molecule has 1 amide bonds. The zero-order valence-electron chi connectivity index (χ0n) is 18.3. The first-order valence-corrected chi connectivity index (χ1v) is 12.8. The molecule has 2 rings (SSSR count). The molecular formula is C23H31BrN2O4S. The summed E-state index contributed by atoms with van der Waals surface area (Å²) in [5.74, 6) is -0.715. The molecule has 0 unspecified atom stereocenters. The Balaban J connectivity index is 2.46. The second-order valence-corrected chi connectivity index (χ2v) is 10.4. The Morgan fingerprint density at radius 3 is 2.00 bits per heavy atom. The molecule has 2 N–H and O–H groups in total. The lowest BCUT2D eigenvalue weighted by Gasteiger charge is -2.31. The van der Waals surface area contributed by atoms with E-state index in [-0.39, 0.29) is 23.4 Å². The van der Waals surface area contributed by atoms with Gasteiger partial charge in [0.1, 0.15) is 5.60 Å². The Bertz CT molecular complexity index is 952. The van der Waals surface area contributed by atoms with Crippen LogP contribution in [0.3, 0.4) is 0 Å². The standard InChI is InChI=1S/C23H31BrN2O4S/c1-4-6-16-23(28,17-7-5-2)22(27)25-26(20-12-10-19(24)11-13-20)31(29,30)21-14-8-18(3)9-15-21/h8-15,28H,4-7,16-17H2,1-3H3,(H,25,27). The third-order valence-corrected chi connectivity index (χ3v) is 7.31. The van der Waals surface area contributed by atoms with Gasteiger partial charge in [0.2, 0.25) is 0 Å². The van der Waals surface area contributed by atoms with Gasteiger partial charge in [-0.3, -0.25) is 10.2 Å². The minimum atomic E-state index is -4.11. The van der Waals surface area contributed by atoms with Crippen LogP contribution in [0.4, 0.5) is 5.69 Å². The maximum Gasteiger partial charge on any atom is 0.281 e. The van der Waals surface area contributed by atoms with Gasteiger partial charge in [0.15, 0.2) is 0 Å². The number of hydrazine groups is 1. The van der Waals surface area contributed by atoms with Crippen LogP contribution in [0, 0.1) is 6.92 Å². The van der Waals surface area contributed by atoms with Gasteiger partial charge in [-0.1, -0.05) is 73.2 Å². The van der Waals surface area contributed by atoms with E-state index in [1.807, 2.05) is 20.8 Å². The zero-order valence-corrected chi connectivity index (χ0v) is 20.7. The number of carbonyl (C=O) groups excluding carboxylic acids is 1. The highest BCUT2D eigenvalue weighted by atomic mass is 79.9. The SMILES string of the molecule is CCCCC(O)(CCCC)C(=O)NN(c1ccc(Br)cc1)S(=O)(=O)c1ccc(C)cc1. The normalized spacial score (nSPS) is 11.9. The van der Waals surface area contributed by atoms with E-state index in [1.54, 1.807) is 36.4 Å². The number of rotatable bonds is 11. The molecular weight excluding hydrogens is 480 g/mol. The van der Waals surface area contributed by atoms with Crippen LogP contribution in [0.25, 0.3) is 0 Å². The molecule has 8 heteroatoms. The maximum absolute atomic E-state index is 13.4. The first kappa shape index (κ1) is 25.4. The fourth-order valence-electron chi connectivity index (χ4n) is 3.14. The van der Waals surface area contributed by atoms with Crippen molar-refractivity contribution in [2.75, 3.05) is 4.41 Å². The van der Waals surface area contributed by atoms with E-state index in [4.69, 9.17) is 0 Å². The van der Waals surface area contributed by atoms with Crippen molar-refractivity contribution in [2.24, 2.45) is 0 Å². The van der Waals surface area contributed by atoms with E-state index in [9.17, 15) is 18.3 Å². The summed E-state index contributed by atoms with van der Waals surface area (Å²) in [6, 6.07) is 13.0. The quantitative estimate of drug-likeness (QED) is 0.412. The molecule has 0 atom stereocenters. The Morgan fingerprint density at radius 2 is 1.52 bits per heavy atom. The van der Waals surface area contributed by atoms with Gasteiger partial charge >= 0.3 is 0 Å². The smallest absolute Gasteiger partial charge is 0.281 e. The van der Waals surface area contributed by atoms with E-state index in [1.165, 1.54) is 12.1 Å². The number of carbonyl (C=O) groups is 1. The molecule has 2 aromatic rings. The second-order valence-electron chi connectivity index (χ2n) is 7.74. The van der Waals surface area contributed by atoms with Gasteiger partial charge in [0.05, 0.1) is 10.6 Å². The third-order valence-electron chi connectivity index (χ3n) is 5.13. The first-order valence-electron chi connectivity index (χ1n) is 10.5. The van der Waals surface area contributed by atoms with Crippen LogP contribution < -0.4 is 9.84 Å². The first-order chi connectivity index (χ1) is 14.6. The molecule has 0 saturated heterocycles. The molecule has 0 bridgehead atoms. The molecule has 31 heavy (non-hydrogen) atoms. The predicted octanol–water partition coefficient (Wildman–Crippen LogP) is 5.10. The third kappa shape index (κ3) is 6.54. The van der Waals surface area contributed by atoms with Crippen molar-refractivity contribution in [3.8, 4) is 0 Å². The van der Waals surface area contributed by atoms with Gasteiger partial charge in [-0.25, -0.2) is 0 Å². The average Bonchev–Trinajstić information content (AvgIpc) is 2.75. The van der Waals surface area contributed by atoms with Crippen molar-refractivity contribution in [3.05, 3.63) is 58.6 Å². The summed E-state index contributed by atoms with van der Waals surface area (Å²) >= 11 is 3.34. The van der Waals surface area contributed by atoms with Crippen LogP contribution >= 0.6 is 15.9 Å². The summed E-state index contributed by atoms with van der Waals surface area (Å²) in [6.45, 7) is 5.83. The van der Waals surface area contributed by atoms with Crippen molar-refractivity contribution in [2.45, 2.75) is 69.8 Å². The Kier molecular flexibility index (Phi) is 9.09. The van der Waals surface area contributed by atoms with Gasteiger partial charge in [-0.05, 0) is 56.2 Å². The molecule has 6 nitrogen and oxygen atoms in total. The number of unbranched alkanes of at least 4 members (excludes halogenated alkanes) is 2. The number of anilines is 1. The molecule has 0 heterocycles. The highest BCUT2D eigenvalue weighted by molar-refractivity contribution is 9.10. The number of amides is 1.